The van der Waals surface area contributed by atoms with Gasteiger partial charge in [0.25, 0.3) is 0 Å². The summed E-state index contributed by atoms with van der Waals surface area (Å²) in [6, 6.07) is 5.44. The van der Waals surface area contributed by atoms with Crippen molar-refractivity contribution >= 4 is 10.0 Å². The number of nitrogens with one attached hydrogen (secondary N) is 1. The van der Waals surface area contributed by atoms with Gasteiger partial charge in [0.1, 0.15) is 5.75 Å². The van der Waals surface area contributed by atoms with Gasteiger partial charge in [0.2, 0.25) is 10.0 Å². The topological polar surface area (TPSA) is 75.6 Å². The number of ether oxygens (including phenoxy) is 1. The van der Waals surface area contributed by atoms with E-state index < -0.39 is 10.0 Å². The summed E-state index contributed by atoms with van der Waals surface area (Å²) in [5, 5.41) is 9.11. The smallest absolute Gasteiger partial charge is 0.240 e. The molecule has 1 aromatic rings. The molecule has 2 N–H and O–H groups in total. The molecule has 0 amide bonds. The molecule has 0 saturated carbocycles. The number of hydrogen-bond acceptors (Lipinski definition) is 4. The molecule has 5 nitrogen and oxygen atoms in total. The first-order valence-corrected chi connectivity index (χ1v) is 7.91. The molecule has 6 heteroatoms. The van der Waals surface area contributed by atoms with E-state index in [1.54, 1.807) is 0 Å². The van der Waals surface area contributed by atoms with E-state index in [-0.39, 0.29) is 10.6 Å². The molecular formula is C13H21NO4S. The fraction of sp³-hybridized carbons (Fsp3) is 0.538. The molecule has 0 unspecified atom stereocenters. The lowest BCUT2D eigenvalue weighted by Gasteiger charge is -2.07. The van der Waals surface area contributed by atoms with Crippen molar-refractivity contribution in [2.45, 2.75) is 31.1 Å². The Balaban J connectivity index is 2.29. The van der Waals surface area contributed by atoms with Gasteiger partial charge in [0.05, 0.1) is 4.90 Å². The maximum atomic E-state index is 11.8. The normalized spacial score (nSPS) is 11.6. The van der Waals surface area contributed by atoms with Gasteiger partial charge in [0, 0.05) is 19.8 Å². The summed E-state index contributed by atoms with van der Waals surface area (Å²) in [5.41, 5.74) is 0. The first-order chi connectivity index (χ1) is 9.06. The van der Waals surface area contributed by atoms with Crippen LogP contribution in [0.2, 0.25) is 0 Å². The molecule has 0 heterocycles. The zero-order valence-corrected chi connectivity index (χ0v) is 11.9. The van der Waals surface area contributed by atoms with Crippen molar-refractivity contribution in [3.63, 3.8) is 0 Å². The van der Waals surface area contributed by atoms with E-state index in [2.05, 4.69) is 11.6 Å². The molecule has 1 rings (SSSR count). The summed E-state index contributed by atoms with van der Waals surface area (Å²) in [4.78, 5) is 0.150. The van der Waals surface area contributed by atoms with E-state index in [1.165, 1.54) is 24.3 Å². The lowest BCUT2D eigenvalue weighted by molar-refractivity contribution is 0.130. The molecule has 1 aromatic carbocycles. The average Bonchev–Trinajstić information content (AvgIpc) is 2.38. The number of benzene rings is 1. The van der Waals surface area contributed by atoms with Crippen molar-refractivity contribution in [3.05, 3.63) is 24.3 Å². The monoisotopic (exact) mass is 287 g/mol. The average molecular weight is 287 g/mol. The third-order valence-electron chi connectivity index (χ3n) is 2.55. The Labute approximate surface area is 114 Å². The Morgan fingerprint density at radius 1 is 1.16 bits per heavy atom. The number of phenols is 1. The largest absolute Gasteiger partial charge is 0.508 e. The third kappa shape index (κ3) is 6.04. The van der Waals surface area contributed by atoms with Crippen molar-refractivity contribution in [2.24, 2.45) is 0 Å². The second kappa shape index (κ2) is 8.14. The van der Waals surface area contributed by atoms with Crippen molar-refractivity contribution in [1.29, 1.82) is 0 Å². The zero-order chi connectivity index (χ0) is 14.1. The minimum Gasteiger partial charge on any atom is -0.508 e. The van der Waals surface area contributed by atoms with Crippen LogP contribution in [0.4, 0.5) is 0 Å². The second-order valence-corrected chi connectivity index (χ2v) is 5.98. The molecule has 0 aliphatic rings. The Morgan fingerprint density at radius 3 is 2.42 bits per heavy atom. The minimum absolute atomic E-state index is 0.0447. The number of unbranched alkanes of at least 4 members (excludes halogenated alkanes) is 1. The van der Waals surface area contributed by atoms with Crippen LogP contribution in [0.25, 0.3) is 0 Å². The Morgan fingerprint density at radius 2 is 1.79 bits per heavy atom. The quantitative estimate of drug-likeness (QED) is 0.680. The van der Waals surface area contributed by atoms with Crippen molar-refractivity contribution in [2.75, 3.05) is 19.8 Å². The van der Waals surface area contributed by atoms with Gasteiger partial charge in [-0.05, 0) is 37.1 Å². The highest BCUT2D eigenvalue weighted by Crippen LogP contribution is 2.13. The number of sulfonamides is 1. The molecule has 0 spiro atoms. The van der Waals surface area contributed by atoms with Crippen LogP contribution < -0.4 is 4.72 Å². The molecule has 108 valence electrons. The molecule has 0 aliphatic carbocycles. The van der Waals surface area contributed by atoms with E-state index in [0.29, 0.717) is 19.6 Å². The predicted octanol–water partition coefficient (Wildman–Crippen LogP) is 1.88. The van der Waals surface area contributed by atoms with E-state index in [9.17, 15) is 8.42 Å². The van der Waals surface area contributed by atoms with Gasteiger partial charge < -0.3 is 9.84 Å². The molecule has 0 fully saturated rings. The standard InChI is InChI=1S/C13H21NO4S/c1-2-3-10-18-11-4-9-14-19(16,17)13-7-5-12(15)6-8-13/h5-8,14-15H,2-4,9-11H2,1H3. The summed E-state index contributed by atoms with van der Waals surface area (Å²) in [7, 11) is -3.49. The van der Waals surface area contributed by atoms with E-state index in [1.807, 2.05) is 0 Å². The summed E-state index contributed by atoms with van der Waals surface area (Å²) in [6.07, 6.45) is 2.76. The van der Waals surface area contributed by atoms with Gasteiger partial charge >= 0.3 is 0 Å². The predicted molar refractivity (Wildman–Crippen MR) is 73.6 cm³/mol. The minimum atomic E-state index is -3.49. The van der Waals surface area contributed by atoms with Crippen LogP contribution in [0.3, 0.4) is 0 Å². The van der Waals surface area contributed by atoms with Crippen LogP contribution in [0.1, 0.15) is 26.2 Å². The molecular weight excluding hydrogens is 266 g/mol. The van der Waals surface area contributed by atoms with Crippen LogP contribution in [0.5, 0.6) is 5.75 Å². The van der Waals surface area contributed by atoms with Gasteiger partial charge in [-0.3, -0.25) is 0 Å². The van der Waals surface area contributed by atoms with E-state index >= 15 is 0 Å². The van der Waals surface area contributed by atoms with Gasteiger partial charge in [-0.2, -0.15) is 0 Å². The fourth-order valence-corrected chi connectivity index (χ4v) is 2.51. The van der Waals surface area contributed by atoms with E-state index in [0.717, 1.165) is 19.4 Å². The molecule has 0 radical (unpaired) electrons. The van der Waals surface area contributed by atoms with Crippen molar-refractivity contribution in [3.8, 4) is 5.75 Å². The van der Waals surface area contributed by atoms with Crippen LogP contribution in [0, 0.1) is 0 Å². The number of phenolic OH excluding ortho intramolecular Hbond substituents is 1. The van der Waals surface area contributed by atoms with Crippen molar-refractivity contribution < 1.29 is 18.3 Å². The van der Waals surface area contributed by atoms with Gasteiger partial charge in [-0.25, -0.2) is 13.1 Å². The Kier molecular flexibility index (Phi) is 6.83. The Bertz CT molecular complexity index is 456. The summed E-state index contributed by atoms with van der Waals surface area (Å²) < 4.78 is 31.5. The third-order valence-corrected chi connectivity index (χ3v) is 4.02. The highest BCUT2D eigenvalue weighted by molar-refractivity contribution is 7.89. The first-order valence-electron chi connectivity index (χ1n) is 6.42. The van der Waals surface area contributed by atoms with Crippen molar-refractivity contribution in [1.82, 2.24) is 4.72 Å². The molecule has 0 aliphatic heterocycles. The van der Waals surface area contributed by atoms with E-state index in [4.69, 9.17) is 9.84 Å². The second-order valence-electron chi connectivity index (χ2n) is 4.21. The SMILES string of the molecule is CCCCOCCCNS(=O)(=O)c1ccc(O)cc1. The zero-order valence-electron chi connectivity index (χ0n) is 11.1. The lowest BCUT2D eigenvalue weighted by Crippen LogP contribution is -2.25. The molecule has 19 heavy (non-hydrogen) atoms. The number of hydrogen-bond donors (Lipinski definition) is 2. The van der Waals surface area contributed by atoms with Crippen LogP contribution in [-0.2, 0) is 14.8 Å². The summed E-state index contributed by atoms with van der Waals surface area (Å²) in [6.45, 7) is 3.71. The highest BCUT2D eigenvalue weighted by Gasteiger charge is 2.12. The molecule has 0 saturated heterocycles. The first kappa shape index (κ1) is 15.9. The van der Waals surface area contributed by atoms with Gasteiger partial charge in [-0.15, -0.1) is 0 Å². The maximum absolute atomic E-state index is 11.8. The maximum Gasteiger partial charge on any atom is 0.240 e. The molecule has 0 atom stereocenters. The summed E-state index contributed by atoms with van der Waals surface area (Å²) in [5.74, 6) is 0.0447. The van der Waals surface area contributed by atoms with Crippen LogP contribution in [-0.4, -0.2) is 33.3 Å². The number of aromatic hydroxyl groups is 1. The van der Waals surface area contributed by atoms with Crippen LogP contribution >= 0.6 is 0 Å². The van der Waals surface area contributed by atoms with Crippen LogP contribution in [0.15, 0.2) is 29.2 Å². The lowest BCUT2D eigenvalue weighted by atomic mass is 10.3. The summed E-state index contributed by atoms with van der Waals surface area (Å²) >= 11 is 0. The van der Waals surface area contributed by atoms with Gasteiger partial charge in [-0.1, -0.05) is 13.3 Å². The molecule has 0 aromatic heterocycles. The Hall–Kier alpha value is -1.11. The molecule has 0 bridgehead atoms. The highest BCUT2D eigenvalue weighted by atomic mass is 32.2. The van der Waals surface area contributed by atoms with Gasteiger partial charge in [0.15, 0.2) is 0 Å². The fourth-order valence-electron chi connectivity index (χ4n) is 1.44. The number of rotatable bonds is 9.